The lowest BCUT2D eigenvalue weighted by atomic mass is 10.1. The average Bonchev–Trinajstić information content (AvgIpc) is 3.10. The van der Waals surface area contributed by atoms with Crippen LogP contribution in [0, 0.1) is 18.4 Å². The second-order valence-corrected chi connectivity index (χ2v) is 6.40. The summed E-state index contributed by atoms with van der Waals surface area (Å²) in [5, 5.41) is 12.1. The SMILES string of the molecule is Cc1ccc(C(=O)NCC(N)=C2CN(C#N)CC2=Nc2ccccc2)cc1. The highest BCUT2D eigenvalue weighted by Crippen LogP contribution is 2.19. The van der Waals surface area contributed by atoms with Gasteiger partial charge in [0.2, 0.25) is 0 Å². The number of carbonyl (C=O) groups excluding carboxylic acids is 1. The number of nitrogens with zero attached hydrogens (tertiary/aromatic N) is 3. The van der Waals surface area contributed by atoms with Crippen molar-refractivity contribution in [3.8, 4) is 6.19 Å². The van der Waals surface area contributed by atoms with Gasteiger partial charge in [-0.25, -0.2) is 0 Å². The molecule has 6 nitrogen and oxygen atoms in total. The molecular weight excluding hydrogens is 338 g/mol. The lowest BCUT2D eigenvalue weighted by molar-refractivity contribution is 0.0957. The molecule has 1 aliphatic rings. The number of likely N-dealkylation sites (tertiary alicyclic amines) is 1. The fourth-order valence-corrected chi connectivity index (χ4v) is 2.82. The van der Waals surface area contributed by atoms with Gasteiger partial charge in [0.1, 0.15) is 0 Å². The lowest BCUT2D eigenvalue weighted by Crippen LogP contribution is -2.29. The van der Waals surface area contributed by atoms with Crippen LogP contribution in [0.5, 0.6) is 0 Å². The quantitative estimate of drug-likeness (QED) is 0.820. The third kappa shape index (κ3) is 4.53. The van der Waals surface area contributed by atoms with Crippen LogP contribution in [0.2, 0.25) is 0 Å². The first-order valence-electron chi connectivity index (χ1n) is 8.67. The number of nitrogens with two attached hydrogens (primary N) is 1. The van der Waals surface area contributed by atoms with Gasteiger partial charge in [-0.1, -0.05) is 35.9 Å². The Kier molecular flexibility index (Phi) is 5.53. The van der Waals surface area contributed by atoms with Crippen LogP contribution in [0.3, 0.4) is 0 Å². The van der Waals surface area contributed by atoms with Crippen molar-refractivity contribution in [2.75, 3.05) is 19.6 Å². The highest BCUT2D eigenvalue weighted by atomic mass is 16.1. The van der Waals surface area contributed by atoms with Crippen LogP contribution in [0.4, 0.5) is 5.69 Å². The van der Waals surface area contributed by atoms with E-state index in [2.05, 4.69) is 16.5 Å². The molecule has 3 rings (SSSR count). The summed E-state index contributed by atoms with van der Waals surface area (Å²) in [6.45, 7) is 2.98. The van der Waals surface area contributed by atoms with Gasteiger partial charge in [-0.2, -0.15) is 5.26 Å². The molecule has 0 saturated carbocycles. The Morgan fingerprint density at radius 2 is 1.89 bits per heavy atom. The normalized spacial score (nSPS) is 16.9. The number of para-hydroxylation sites is 1. The smallest absolute Gasteiger partial charge is 0.251 e. The number of aryl methyl sites for hydroxylation is 1. The van der Waals surface area contributed by atoms with Gasteiger partial charge in [0.25, 0.3) is 5.91 Å². The molecule has 0 radical (unpaired) electrons. The van der Waals surface area contributed by atoms with Crippen molar-refractivity contribution in [2.45, 2.75) is 6.92 Å². The van der Waals surface area contributed by atoms with Gasteiger partial charge in [0.15, 0.2) is 6.19 Å². The van der Waals surface area contributed by atoms with Gasteiger partial charge >= 0.3 is 0 Å². The molecule has 0 aromatic heterocycles. The van der Waals surface area contributed by atoms with E-state index in [1.54, 1.807) is 17.0 Å². The predicted octanol–water partition coefficient (Wildman–Crippen LogP) is 2.51. The Bertz CT molecular complexity index is 923. The van der Waals surface area contributed by atoms with E-state index in [1.807, 2.05) is 49.4 Å². The van der Waals surface area contributed by atoms with Gasteiger partial charge < -0.3 is 16.0 Å². The van der Waals surface area contributed by atoms with Gasteiger partial charge in [0, 0.05) is 16.8 Å². The minimum Gasteiger partial charge on any atom is -0.400 e. The Morgan fingerprint density at radius 3 is 2.56 bits per heavy atom. The van der Waals surface area contributed by atoms with Crippen molar-refractivity contribution in [2.24, 2.45) is 10.7 Å². The summed E-state index contributed by atoms with van der Waals surface area (Å²) in [5.74, 6) is -0.185. The van der Waals surface area contributed by atoms with Gasteiger partial charge in [-0.15, -0.1) is 0 Å². The number of hydrogen-bond acceptors (Lipinski definition) is 5. The predicted molar refractivity (Wildman–Crippen MR) is 105 cm³/mol. The van der Waals surface area contributed by atoms with E-state index in [9.17, 15) is 10.1 Å². The zero-order chi connectivity index (χ0) is 19.2. The van der Waals surface area contributed by atoms with E-state index >= 15 is 0 Å². The number of amides is 1. The highest BCUT2D eigenvalue weighted by molar-refractivity contribution is 6.06. The Labute approximate surface area is 158 Å². The zero-order valence-corrected chi connectivity index (χ0v) is 15.1. The Hall–Kier alpha value is -3.59. The molecule has 6 heteroatoms. The van der Waals surface area contributed by atoms with Gasteiger partial charge in [-0.3, -0.25) is 9.79 Å². The summed E-state index contributed by atoms with van der Waals surface area (Å²) in [7, 11) is 0. The number of aliphatic imine (C=N–C) groups is 1. The van der Waals surface area contributed by atoms with Crippen molar-refractivity contribution in [1.29, 1.82) is 5.26 Å². The first-order chi connectivity index (χ1) is 13.1. The number of benzene rings is 2. The van der Waals surface area contributed by atoms with E-state index in [0.717, 1.165) is 22.5 Å². The van der Waals surface area contributed by atoms with Gasteiger partial charge in [0.05, 0.1) is 31.0 Å². The maximum atomic E-state index is 12.3. The Morgan fingerprint density at radius 1 is 1.19 bits per heavy atom. The molecule has 1 saturated heterocycles. The zero-order valence-electron chi connectivity index (χ0n) is 15.1. The third-order valence-corrected chi connectivity index (χ3v) is 4.34. The molecule has 3 N–H and O–H groups in total. The van der Waals surface area contributed by atoms with Crippen molar-refractivity contribution < 1.29 is 4.79 Å². The third-order valence-electron chi connectivity index (χ3n) is 4.34. The molecule has 2 aromatic rings. The standard InChI is InChI=1S/C21H21N5O/c1-15-7-9-16(10-8-15)21(27)24-11-19(23)18-12-26(14-22)13-20(18)25-17-5-3-2-4-6-17/h2-10H,11-13,23H2,1H3,(H,24,27). The highest BCUT2D eigenvalue weighted by Gasteiger charge is 2.25. The van der Waals surface area contributed by atoms with E-state index in [4.69, 9.17) is 5.73 Å². The minimum atomic E-state index is -0.185. The Balaban J connectivity index is 1.77. The fraction of sp³-hybridized carbons (Fsp3) is 0.190. The molecule has 136 valence electrons. The van der Waals surface area contributed by atoms with Crippen molar-refractivity contribution in [1.82, 2.24) is 10.2 Å². The van der Waals surface area contributed by atoms with Gasteiger partial charge in [-0.05, 0) is 31.2 Å². The summed E-state index contributed by atoms with van der Waals surface area (Å²) < 4.78 is 0. The fourth-order valence-electron chi connectivity index (χ4n) is 2.82. The summed E-state index contributed by atoms with van der Waals surface area (Å²) >= 11 is 0. The topological polar surface area (TPSA) is 94.5 Å². The number of rotatable bonds is 4. The van der Waals surface area contributed by atoms with Crippen LogP contribution < -0.4 is 11.1 Å². The maximum absolute atomic E-state index is 12.3. The van der Waals surface area contributed by atoms with Crippen LogP contribution in [0.25, 0.3) is 0 Å². The first kappa shape index (κ1) is 18.2. The molecule has 0 bridgehead atoms. The van der Waals surface area contributed by atoms with Crippen molar-refractivity contribution in [3.63, 3.8) is 0 Å². The van der Waals surface area contributed by atoms with E-state index < -0.39 is 0 Å². The van der Waals surface area contributed by atoms with Crippen LogP contribution in [0.15, 0.2) is 70.9 Å². The monoisotopic (exact) mass is 359 g/mol. The maximum Gasteiger partial charge on any atom is 0.251 e. The molecule has 27 heavy (non-hydrogen) atoms. The van der Waals surface area contributed by atoms with Crippen LogP contribution in [-0.2, 0) is 0 Å². The lowest BCUT2D eigenvalue weighted by Gasteiger charge is -2.09. The van der Waals surface area contributed by atoms with E-state index in [0.29, 0.717) is 24.4 Å². The van der Waals surface area contributed by atoms with Crippen LogP contribution >= 0.6 is 0 Å². The first-order valence-corrected chi connectivity index (χ1v) is 8.67. The molecule has 0 atom stereocenters. The summed E-state index contributed by atoms with van der Waals surface area (Å²) in [5.41, 5.74) is 10.8. The molecular formula is C21H21N5O. The van der Waals surface area contributed by atoms with E-state index in [1.165, 1.54) is 0 Å². The molecule has 2 aromatic carbocycles. The molecule has 0 spiro atoms. The van der Waals surface area contributed by atoms with Crippen LogP contribution in [-0.4, -0.2) is 36.2 Å². The minimum absolute atomic E-state index is 0.185. The van der Waals surface area contributed by atoms with Crippen molar-refractivity contribution >= 4 is 17.3 Å². The van der Waals surface area contributed by atoms with E-state index in [-0.39, 0.29) is 12.5 Å². The largest absolute Gasteiger partial charge is 0.400 e. The molecule has 1 aliphatic heterocycles. The number of hydrogen-bond donors (Lipinski definition) is 2. The summed E-state index contributed by atoms with van der Waals surface area (Å²) in [6.07, 6.45) is 2.14. The molecule has 1 heterocycles. The molecule has 0 aliphatic carbocycles. The second-order valence-electron chi connectivity index (χ2n) is 6.40. The molecule has 0 unspecified atom stereocenters. The van der Waals surface area contributed by atoms with Crippen molar-refractivity contribution in [3.05, 3.63) is 77.0 Å². The number of carbonyl (C=O) groups is 1. The average molecular weight is 359 g/mol. The number of nitrogens with one attached hydrogen (secondary N) is 1. The second kappa shape index (κ2) is 8.19. The number of nitriles is 1. The summed E-state index contributed by atoms with van der Waals surface area (Å²) in [4.78, 5) is 18.5. The van der Waals surface area contributed by atoms with Crippen LogP contribution in [0.1, 0.15) is 15.9 Å². The molecule has 1 fully saturated rings. The summed E-state index contributed by atoms with van der Waals surface area (Å²) in [6, 6.07) is 16.9. The molecule has 1 amide bonds.